The van der Waals surface area contributed by atoms with Crippen molar-refractivity contribution < 1.29 is 0 Å². The Balaban J connectivity index is 1.66. The summed E-state index contributed by atoms with van der Waals surface area (Å²) in [4.78, 5) is 13.4. The predicted molar refractivity (Wildman–Crippen MR) is 74.8 cm³/mol. The standard InChI is InChI=1S/C12H18BrN5/c13-11-7-15-9-16-12(11)18-4-1-10(8-18)17-5-2-14-3-6-17/h7,9-10,14H,1-6,8H2. The average Bonchev–Trinajstić information content (AvgIpc) is 2.90. The molecule has 0 radical (unpaired) electrons. The minimum Gasteiger partial charge on any atom is -0.354 e. The third-order valence-electron chi connectivity index (χ3n) is 3.78. The van der Waals surface area contributed by atoms with E-state index >= 15 is 0 Å². The molecule has 1 aromatic heterocycles. The Hall–Kier alpha value is -0.720. The lowest BCUT2D eigenvalue weighted by atomic mass is 10.2. The Bertz CT molecular complexity index is 407. The first-order valence-electron chi connectivity index (χ1n) is 6.50. The Morgan fingerprint density at radius 1 is 1.28 bits per heavy atom. The van der Waals surface area contributed by atoms with Gasteiger partial charge >= 0.3 is 0 Å². The van der Waals surface area contributed by atoms with Crippen molar-refractivity contribution >= 4 is 21.7 Å². The van der Waals surface area contributed by atoms with Crippen molar-refractivity contribution in [3.63, 3.8) is 0 Å². The lowest BCUT2D eigenvalue weighted by Crippen LogP contribution is -2.49. The van der Waals surface area contributed by atoms with Gasteiger partial charge in [0.2, 0.25) is 0 Å². The molecule has 0 bridgehead atoms. The fourth-order valence-electron chi connectivity index (χ4n) is 2.82. The number of halogens is 1. The van der Waals surface area contributed by atoms with E-state index in [1.165, 1.54) is 19.5 Å². The molecule has 98 valence electrons. The number of hydrogen-bond acceptors (Lipinski definition) is 5. The van der Waals surface area contributed by atoms with Crippen molar-refractivity contribution in [3.8, 4) is 0 Å². The summed E-state index contributed by atoms with van der Waals surface area (Å²) in [6.45, 7) is 6.74. The zero-order valence-electron chi connectivity index (χ0n) is 10.3. The van der Waals surface area contributed by atoms with Gasteiger partial charge in [0.15, 0.2) is 0 Å². The fraction of sp³-hybridized carbons (Fsp3) is 0.667. The summed E-state index contributed by atoms with van der Waals surface area (Å²) in [5.41, 5.74) is 0. The Morgan fingerprint density at radius 3 is 2.89 bits per heavy atom. The number of nitrogens with one attached hydrogen (secondary N) is 1. The molecule has 0 saturated carbocycles. The van der Waals surface area contributed by atoms with Crippen molar-refractivity contribution in [2.75, 3.05) is 44.2 Å². The Kier molecular flexibility index (Phi) is 3.77. The van der Waals surface area contributed by atoms with Gasteiger partial charge in [0.25, 0.3) is 0 Å². The van der Waals surface area contributed by atoms with Gasteiger partial charge < -0.3 is 10.2 Å². The monoisotopic (exact) mass is 311 g/mol. The molecular weight excluding hydrogens is 294 g/mol. The molecule has 1 unspecified atom stereocenters. The van der Waals surface area contributed by atoms with Crippen LogP contribution in [0.1, 0.15) is 6.42 Å². The molecule has 0 amide bonds. The molecular formula is C12H18BrN5. The first kappa shape index (κ1) is 12.3. The van der Waals surface area contributed by atoms with Crippen LogP contribution in [0.25, 0.3) is 0 Å². The van der Waals surface area contributed by atoms with Crippen LogP contribution in [0.2, 0.25) is 0 Å². The molecule has 3 heterocycles. The summed E-state index contributed by atoms with van der Waals surface area (Å²) < 4.78 is 0.992. The summed E-state index contributed by atoms with van der Waals surface area (Å²) in [6, 6.07) is 0.675. The van der Waals surface area contributed by atoms with E-state index in [0.717, 1.165) is 36.5 Å². The van der Waals surface area contributed by atoms with Crippen molar-refractivity contribution in [1.82, 2.24) is 20.2 Å². The van der Waals surface area contributed by atoms with Gasteiger partial charge in [0, 0.05) is 51.5 Å². The van der Waals surface area contributed by atoms with Crippen LogP contribution in [-0.2, 0) is 0 Å². The normalized spacial score (nSPS) is 25.6. The second-order valence-electron chi connectivity index (χ2n) is 4.87. The smallest absolute Gasteiger partial charge is 0.146 e. The second-order valence-corrected chi connectivity index (χ2v) is 5.72. The van der Waals surface area contributed by atoms with Crippen LogP contribution < -0.4 is 10.2 Å². The van der Waals surface area contributed by atoms with E-state index in [-0.39, 0.29) is 0 Å². The van der Waals surface area contributed by atoms with E-state index in [4.69, 9.17) is 0 Å². The number of rotatable bonds is 2. The first-order valence-corrected chi connectivity index (χ1v) is 7.29. The molecule has 0 spiro atoms. The highest BCUT2D eigenvalue weighted by Crippen LogP contribution is 2.27. The second kappa shape index (κ2) is 5.50. The minimum absolute atomic E-state index is 0.675. The van der Waals surface area contributed by atoms with E-state index < -0.39 is 0 Å². The molecule has 5 nitrogen and oxygen atoms in total. The number of anilines is 1. The van der Waals surface area contributed by atoms with Crippen molar-refractivity contribution in [2.45, 2.75) is 12.5 Å². The van der Waals surface area contributed by atoms with Crippen LogP contribution in [0.15, 0.2) is 17.0 Å². The SMILES string of the molecule is Brc1cncnc1N1CCC(N2CCNCC2)C1. The third-order valence-corrected chi connectivity index (χ3v) is 4.34. The maximum Gasteiger partial charge on any atom is 0.146 e. The topological polar surface area (TPSA) is 44.3 Å². The Labute approximate surface area is 116 Å². The van der Waals surface area contributed by atoms with Crippen LogP contribution in [0.4, 0.5) is 5.82 Å². The van der Waals surface area contributed by atoms with Crippen LogP contribution in [0.3, 0.4) is 0 Å². The molecule has 1 aromatic rings. The van der Waals surface area contributed by atoms with Crippen LogP contribution in [-0.4, -0.2) is 60.2 Å². The molecule has 3 rings (SSSR count). The van der Waals surface area contributed by atoms with Gasteiger partial charge in [-0.1, -0.05) is 0 Å². The summed E-state index contributed by atoms with van der Waals surface area (Å²) in [7, 11) is 0. The number of piperazine rings is 1. The maximum absolute atomic E-state index is 4.38. The molecule has 6 heteroatoms. The van der Waals surface area contributed by atoms with Crippen molar-refractivity contribution in [2.24, 2.45) is 0 Å². The van der Waals surface area contributed by atoms with E-state index in [9.17, 15) is 0 Å². The van der Waals surface area contributed by atoms with Crippen molar-refractivity contribution in [1.29, 1.82) is 0 Å². The highest BCUT2D eigenvalue weighted by molar-refractivity contribution is 9.10. The van der Waals surface area contributed by atoms with Gasteiger partial charge in [-0.2, -0.15) is 0 Å². The summed E-state index contributed by atoms with van der Waals surface area (Å²) >= 11 is 3.53. The Morgan fingerprint density at radius 2 is 2.11 bits per heavy atom. The maximum atomic E-state index is 4.38. The summed E-state index contributed by atoms with van der Waals surface area (Å²) in [5.74, 6) is 1.03. The lowest BCUT2D eigenvalue weighted by molar-refractivity contribution is 0.185. The van der Waals surface area contributed by atoms with Gasteiger partial charge in [0.05, 0.1) is 4.47 Å². The van der Waals surface area contributed by atoms with E-state index in [2.05, 4.69) is 41.0 Å². The van der Waals surface area contributed by atoms with Crippen LogP contribution in [0.5, 0.6) is 0 Å². The number of aromatic nitrogens is 2. The van der Waals surface area contributed by atoms with Crippen LogP contribution in [0, 0.1) is 0 Å². The fourth-order valence-corrected chi connectivity index (χ4v) is 3.29. The van der Waals surface area contributed by atoms with Gasteiger partial charge in [-0.3, -0.25) is 4.90 Å². The molecule has 1 N–H and O–H groups in total. The van der Waals surface area contributed by atoms with E-state index in [1.807, 2.05) is 6.20 Å². The molecule has 2 aliphatic heterocycles. The zero-order valence-corrected chi connectivity index (χ0v) is 11.9. The van der Waals surface area contributed by atoms with Gasteiger partial charge in [-0.15, -0.1) is 0 Å². The number of hydrogen-bond donors (Lipinski definition) is 1. The first-order chi connectivity index (χ1) is 8.84. The van der Waals surface area contributed by atoms with Gasteiger partial charge in [-0.25, -0.2) is 9.97 Å². The van der Waals surface area contributed by atoms with Gasteiger partial charge in [0.1, 0.15) is 12.1 Å². The molecule has 18 heavy (non-hydrogen) atoms. The molecule has 0 aromatic carbocycles. The number of nitrogens with zero attached hydrogens (tertiary/aromatic N) is 4. The van der Waals surface area contributed by atoms with E-state index in [1.54, 1.807) is 6.33 Å². The van der Waals surface area contributed by atoms with Crippen LogP contribution >= 0.6 is 15.9 Å². The summed E-state index contributed by atoms with van der Waals surface area (Å²) in [5, 5.41) is 3.41. The largest absolute Gasteiger partial charge is 0.354 e. The summed E-state index contributed by atoms with van der Waals surface area (Å²) in [6.07, 6.45) is 4.68. The van der Waals surface area contributed by atoms with E-state index in [0.29, 0.717) is 6.04 Å². The third kappa shape index (κ3) is 2.50. The highest BCUT2D eigenvalue weighted by Gasteiger charge is 2.29. The quantitative estimate of drug-likeness (QED) is 0.872. The predicted octanol–water partition coefficient (Wildman–Crippen LogP) is 0.723. The molecule has 2 saturated heterocycles. The van der Waals surface area contributed by atoms with Gasteiger partial charge in [-0.05, 0) is 22.4 Å². The van der Waals surface area contributed by atoms with Crippen molar-refractivity contribution in [3.05, 3.63) is 17.0 Å². The molecule has 1 atom stereocenters. The minimum atomic E-state index is 0.675. The molecule has 2 fully saturated rings. The molecule has 2 aliphatic rings. The average molecular weight is 312 g/mol. The zero-order chi connectivity index (χ0) is 12.4. The highest BCUT2D eigenvalue weighted by atomic mass is 79.9. The molecule has 0 aliphatic carbocycles. The lowest BCUT2D eigenvalue weighted by Gasteiger charge is -2.32.